The maximum absolute atomic E-state index is 12.4. The van der Waals surface area contributed by atoms with Crippen LogP contribution in [0.3, 0.4) is 0 Å². The third-order valence-electron chi connectivity index (χ3n) is 5.36. The van der Waals surface area contributed by atoms with Gasteiger partial charge >= 0.3 is 0 Å². The van der Waals surface area contributed by atoms with Crippen molar-refractivity contribution in [1.82, 2.24) is 9.88 Å². The molecule has 1 aliphatic carbocycles. The Morgan fingerprint density at radius 3 is 2.88 bits per heavy atom. The van der Waals surface area contributed by atoms with Gasteiger partial charge in [0.2, 0.25) is 12.7 Å². The van der Waals surface area contributed by atoms with E-state index in [4.69, 9.17) is 14.5 Å². The second-order valence-corrected chi connectivity index (χ2v) is 8.14. The molecule has 0 spiro atoms. The van der Waals surface area contributed by atoms with Crippen molar-refractivity contribution in [2.24, 2.45) is 5.92 Å². The SMILES string of the molecule is CN(C(=O)C1CC1)C1CCCN(c2nc3cc4c(cc3s2)OCO4)C1. The fraction of sp³-hybridized carbons (Fsp3) is 0.556. The number of rotatable bonds is 3. The van der Waals surface area contributed by atoms with E-state index >= 15 is 0 Å². The molecule has 1 saturated heterocycles. The normalized spacial score (nSPS) is 22.4. The lowest BCUT2D eigenvalue weighted by molar-refractivity contribution is -0.133. The molecule has 5 rings (SSSR count). The third kappa shape index (κ3) is 2.70. The number of hydrogen-bond acceptors (Lipinski definition) is 6. The largest absolute Gasteiger partial charge is 0.454 e. The molecule has 0 bridgehead atoms. The lowest BCUT2D eigenvalue weighted by atomic mass is 10.0. The highest BCUT2D eigenvalue weighted by Gasteiger charge is 2.36. The molecule has 25 heavy (non-hydrogen) atoms. The number of hydrogen-bond donors (Lipinski definition) is 0. The van der Waals surface area contributed by atoms with Crippen molar-refractivity contribution in [1.29, 1.82) is 0 Å². The molecular weight excluding hydrogens is 338 g/mol. The van der Waals surface area contributed by atoms with Crippen LogP contribution in [0.25, 0.3) is 10.2 Å². The van der Waals surface area contributed by atoms with Gasteiger partial charge in [-0.2, -0.15) is 0 Å². The molecule has 2 aromatic rings. The summed E-state index contributed by atoms with van der Waals surface area (Å²) >= 11 is 1.69. The van der Waals surface area contributed by atoms with E-state index in [2.05, 4.69) is 4.90 Å². The van der Waals surface area contributed by atoms with Gasteiger partial charge in [-0.3, -0.25) is 4.79 Å². The van der Waals surface area contributed by atoms with E-state index in [1.807, 2.05) is 24.1 Å². The highest BCUT2D eigenvalue weighted by Crippen LogP contribution is 2.40. The van der Waals surface area contributed by atoms with Gasteiger partial charge in [0.05, 0.1) is 10.2 Å². The zero-order valence-corrected chi connectivity index (χ0v) is 15.1. The van der Waals surface area contributed by atoms with Crippen LogP contribution in [-0.4, -0.2) is 48.8 Å². The van der Waals surface area contributed by atoms with Crippen LogP contribution < -0.4 is 14.4 Å². The van der Waals surface area contributed by atoms with Gasteiger partial charge < -0.3 is 19.3 Å². The monoisotopic (exact) mass is 359 g/mol. The topological polar surface area (TPSA) is 54.9 Å². The summed E-state index contributed by atoms with van der Waals surface area (Å²) in [5, 5.41) is 1.02. The molecule has 2 aliphatic heterocycles. The van der Waals surface area contributed by atoms with Crippen molar-refractivity contribution in [3.8, 4) is 11.5 Å². The van der Waals surface area contributed by atoms with Crippen molar-refractivity contribution in [3.05, 3.63) is 12.1 Å². The lowest BCUT2D eigenvalue weighted by Gasteiger charge is -2.37. The van der Waals surface area contributed by atoms with E-state index in [1.54, 1.807) is 11.3 Å². The summed E-state index contributed by atoms with van der Waals surface area (Å²) in [7, 11) is 1.96. The maximum Gasteiger partial charge on any atom is 0.231 e. The average Bonchev–Trinajstić information content (AvgIpc) is 3.25. The minimum absolute atomic E-state index is 0.283. The minimum atomic E-state index is 0.283. The predicted molar refractivity (Wildman–Crippen MR) is 96.5 cm³/mol. The van der Waals surface area contributed by atoms with Crippen molar-refractivity contribution in [3.63, 3.8) is 0 Å². The molecule has 3 heterocycles. The summed E-state index contributed by atoms with van der Waals surface area (Å²) in [5.74, 6) is 2.18. The Hall–Kier alpha value is -2.02. The maximum atomic E-state index is 12.4. The van der Waals surface area contributed by atoms with Crippen LogP contribution in [0.2, 0.25) is 0 Å². The summed E-state index contributed by atoms with van der Waals surface area (Å²) < 4.78 is 12.0. The number of benzene rings is 1. The number of thiazole rings is 1. The van der Waals surface area contributed by atoms with Gasteiger partial charge in [-0.05, 0) is 25.7 Å². The number of aromatic nitrogens is 1. The van der Waals surface area contributed by atoms with E-state index in [9.17, 15) is 4.79 Å². The van der Waals surface area contributed by atoms with Gasteiger partial charge in [0, 0.05) is 44.2 Å². The number of likely N-dealkylation sites (N-methyl/N-ethyl adjacent to an activating group) is 1. The third-order valence-corrected chi connectivity index (χ3v) is 6.44. The highest BCUT2D eigenvalue weighted by molar-refractivity contribution is 7.22. The number of anilines is 1. The molecule has 7 heteroatoms. The molecular formula is C18H21N3O3S. The molecule has 0 N–H and O–H groups in total. The summed E-state index contributed by atoms with van der Waals surface area (Å²) in [5.41, 5.74) is 0.953. The smallest absolute Gasteiger partial charge is 0.231 e. The molecule has 1 aromatic heterocycles. The molecule has 1 aromatic carbocycles. The van der Waals surface area contributed by atoms with Crippen molar-refractivity contribution >= 4 is 32.6 Å². The number of carbonyl (C=O) groups excluding carboxylic acids is 1. The predicted octanol–water partition coefficient (Wildman–Crippen LogP) is 2.86. The Labute approximate surface area is 150 Å². The van der Waals surface area contributed by atoms with Gasteiger partial charge in [0.15, 0.2) is 16.6 Å². The Bertz CT molecular complexity index is 791. The van der Waals surface area contributed by atoms with Gasteiger partial charge in [-0.1, -0.05) is 11.3 Å². The van der Waals surface area contributed by atoms with Crippen LogP contribution >= 0.6 is 11.3 Å². The van der Waals surface area contributed by atoms with Crippen LogP contribution in [0.5, 0.6) is 11.5 Å². The number of amides is 1. The molecule has 0 radical (unpaired) electrons. The first kappa shape index (κ1) is 15.3. The number of nitrogens with zero attached hydrogens (tertiary/aromatic N) is 3. The second-order valence-electron chi connectivity index (χ2n) is 7.14. The zero-order valence-electron chi connectivity index (χ0n) is 14.2. The average molecular weight is 359 g/mol. The number of ether oxygens (including phenoxy) is 2. The van der Waals surface area contributed by atoms with Gasteiger partial charge in [0.1, 0.15) is 0 Å². The Kier molecular flexibility index (Phi) is 3.51. The van der Waals surface area contributed by atoms with E-state index in [-0.39, 0.29) is 18.8 Å². The fourth-order valence-corrected chi connectivity index (χ4v) is 4.69. The molecule has 1 amide bonds. The Morgan fingerprint density at radius 2 is 2.08 bits per heavy atom. The number of carbonyl (C=O) groups is 1. The Morgan fingerprint density at radius 1 is 1.28 bits per heavy atom. The first-order valence-corrected chi connectivity index (χ1v) is 9.72. The van der Waals surface area contributed by atoms with Crippen molar-refractivity contribution < 1.29 is 14.3 Å². The quantitative estimate of drug-likeness (QED) is 0.843. The first-order valence-electron chi connectivity index (χ1n) is 8.91. The highest BCUT2D eigenvalue weighted by atomic mass is 32.1. The molecule has 1 saturated carbocycles. The summed E-state index contributed by atoms with van der Waals surface area (Å²) in [6.45, 7) is 2.14. The van der Waals surface area contributed by atoms with E-state index in [0.29, 0.717) is 5.91 Å². The zero-order chi connectivity index (χ0) is 17.0. The molecule has 3 aliphatic rings. The molecule has 1 unspecified atom stereocenters. The number of fused-ring (bicyclic) bond motifs is 2. The lowest BCUT2D eigenvalue weighted by Crippen LogP contribution is -2.49. The van der Waals surface area contributed by atoms with Crippen LogP contribution in [0.4, 0.5) is 5.13 Å². The van der Waals surface area contributed by atoms with E-state index < -0.39 is 0 Å². The van der Waals surface area contributed by atoms with E-state index in [1.165, 1.54) is 0 Å². The standard InChI is InChI=1S/C18H21N3O3S/c1-20(17(22)11-4-5-11)12-3-2-6-21(9-12)18-19-13-7-14-15(24-10-23-14)8-16(13)25-18/h7-8,11-12H,2-6,9-10H2,1H3. The molecule has 132 valence electrons. The van der Waals surface area contributed by atoms with Gasteiger partial charge in [0.25, 0.3) is 0 Å². The number of piperidine rings is 1. The molecule has 1 atom stereocenters. The molecule has 6 nitrogen and oxygen atoms in total. The summed E-state index contributed by atoms with van der Waals surface area (Å²) in [6.07, 6.45) is 4.29. The molecule has 2 fully saturated rings. The minimum Gasteiger partial charge on any atom is -0.454 e. The summed E-state index contributed by atoms with van der Waals surface area (Å²) in [6, 6.07) is 4.26. The van der Waals surface area contributed by atoms with Crippen LogP contribution in [0.1, 0.15) is 25.7 Å². The van der Waals surface area contributed by atoms with Crippen LogP contribution in [0.15, 0.2) is 12.1 Å². The second kappa shape index (κ2) is 5.76. The van der Waals surface area contributed by atoms with Crippen molar-refractivity contribution in [2.75, 3.05) is 31.8 Å². The summed E-state index contributed by atoms with van der Waals surface area (Å²) in [4.78, 5) is 21.5. The fourth-order valence-electron chi connectivity index (χ4n) is 3.68. The van der Waals surface area contributed by atoms with Gasteiger partial charge in [-0.15, -0.1) is 0 Å². The van der Waals surface area contributed by atoms with Crippen molar-refractivity contribution in [2.45, 2.75) is 31.7 Å². The van der Waals surface area contributed by atoms with E-state index in [0.717, 1.165) is 65.6 Å². The van der Waals surface area contributed by atoms with Crippen LogP contribution in [-0.2, 0) is 4.79 Å². The first-order chi connectivity index (χ1) is 12.2. The van der Waals surface area contributed by atoms with Gasteiger partial charge in [-0.25, -0.2) is 4.98 Å². The van der Waals surface area contributed by atoms with Crippen LogP contribution in [0, 0.1) is 5.92 Å². The Balaban J connectivity index is 1.37.